The molecule has 31 heavy (non-hydrogen) atoms. The summed E-state index contributed by atoms with van der Waals surface area (Å²) in [5, 5.41) is 10.4. The van der Waals surface area contributed by atoms with Gasteiger partial charge in [0.05, 0.1) is 23.5 Å². The van der Waals surface area contributed by atoms with E-state index in [1.54, 1.807) is 48.4 Å². The molecule has 0 aliphatic rings. The highest BCUT2D eigenvalue weighted by Crippen LogP contribution is 2.34. The zero-order valence-electron chi connectivity index (χ0n) is 16.0. The van der Waals surface area contributed by atoms with Gasteiger partial charge in [0.1, 0.15) is 5.15 Å². The molecule has 2 amide bonds. The van der Waals surface area contributed by atoms with Crippen molar-refractivity contribution in [2.24, 2.45) is 7.05 Å². The highest BCUT2D eigenvalue weighted by atomic mass is 35.5. The largest absolute Gasteiger partial charge is 0.416 e. The summed E-state index contributed by atoms with van der Waals surface area (Å²) in [5.74, 6) is 0. The van der Waals surface area contributed by atoms with E-state index in [0.717, 1.165) is 28.6 Å². The van der Waals surface area contributed by atoms with Crippen LogP contribution in [0.1, 0.15) is 5.56 Å². The number of fused-ring (bicyclic) bond motifs is 1. The number of urea groups is 1. The number of carbonyl (C=O) groups excluding carboxylic acids is 1. The first-order valence-corrected chi connectivity index (χ1v) is 9.42. The lowest BCUT2D eigenvalue weighted by molar-refractivity contribution is -0.137. The number of amides is 2. The van der Waals surface area contributed by atoms with E-state index in [1.807, 2.05) is 0 Å². The van der Waals surface area contributed by atoms with Crippen molar-refractivity contribution in [1.29, 1.82) is 0 Å². The molecule has 4 aromatic rings. The number of halogens is 4. The molecule has 0 radical (unpaired) electrons. The number of aryl methyl sites for hydroxylation is 1. The van der Waals surface area contributed by atoms with Crippen LogP contribution in [-0.4, -0.2) is 20.8 Å². The van der Waals surface area contributed by atoms with Crippen molar-refractivity contribution in [3.8, 4) is 11.1 Å². The van der Waals surface area contributed by atoms with Crippen molar-refractivity contribution in [2.45, 2.75) is 6.18 Å². The van der Waals surface area contributed by atoms with Crippen LogP contribution in [-0.2, 0) is 13.2 Å². The monoisotopic (exact) mass is 445 g/mol. The molecule has 6 nitrogen and oxygen atoms in total. The Kier molecular flexibility index (Phi) is 5.28. The van der Waals surface area contributed by atoms with E-state index in [9.17, 15) is 18.0 Å². The lowest BCUT2D eigenvalue weighted by Crippen LogP contribution is -2.19. The number of carbonyl (C=O) groups is 1. The Balaban J connectivity index is 1.51. The van der Waals surface area contributed by atoms with Gasteiger partial charge in [-0.25, -0.2) is 9.78 Å². The van der Waals surface area contributed by atoms with E-state index < -0.39 is 17.8 Å². The molecule has 0 aliphatic heterocycles. The van der Waals surface area contributed by atoms with Gasteiger partial charge in [-0.05, 0) is 35.9 Å². The lowest BCUT2D eigenvalue weighted by Gasteiger charge is -2.11. The van der Waals surface area contributed by atoms with Crippen molar-refractivity contribution in [3.05, 3.63) is 71.6 Å². The van der Waals surface area contributed by atoms with Crippen LogP contribution in [0.5, 0.6) is 0 Å². The van der Waals surface area contributed by atoms with Crippen LogP contribution in [0.2, 0.25) is 5.15 Å². The molecule has 2 heterocycles. The van der Waals surface area contributed by atoms with Crippen molar-refractivity contribution in [2.75, 3.05) is 10.6 Å². The van der Waals surface area contributed by atoms with Gasteiger partial charge in [0, 0.05) is 29.4 Å². The summed E-state index contributed by atoms with van der Waals surface area (Å²) in [6.07, 6.45) is -1.15. The molecule has 4 rings (SSSR count). The quantitative estimate of drug-likeness (QED) is 0.383. The minimum atomic E-state index is -4.49. The normalized spacial score (nSPS) is 11.5. The molecule has 0 saturated carbocycles. The van der Waals surface area contributed by atoms with Gasteiger partial charge in [-0.2, -0.15) is 18.3 Å². The van der Waals surface area contributed by atoms with E-state index in [0.29, 0.717) is 16.4 Å². The predicted octanol–water partition coefficient (Wildman–Crippen LogP) is 5.95. The van der Waals surface area contributed by atoms with Gasteiger partial charge >= 0.3 is 12.2 Å². The minimum Gasteiger partial charge on any atom is -0.308 e. The smallest absolute Gasteiger partial charge is 0.308 e. The van der Waals surface area contributed by atoms with Gasteiger partial charge in [-0.3, -0.25) is 4.68 Å². The van der Waals surface area contributed by atoms with Gasteiger partial charge in [0.2, 0.25) is 0 Å². The van der Waals surface area contributed by atoms with Gasteiger partial charge in [0.15, 0.2) is 0 Å². The molecule has 0 saturated heterocycles. The molecule has 2 aromatic heterocycles. The fourth-order valence-electron chi connectivity index (χ4n) is 3.15. The zero-order chi connectivity index (χ0) is 22.2. The van der Waals surface area contributed by atoms with Crippen LogP contribution in [0.25, 0.3) is 22.0 Å². The predicted molar refractivity (Wildman–Crippen MR) is 113 cm³/mol. The summed E-state index contributed by atoms with van der Waals surface area (Å²) in [5.41, 5.74) is 1.96. The van der Waals surface area contributed by atoms with Crippen molar-refractivity contribution < 1.29 is 18.0 Å². The topological polar surface area (TPSA) is 71.8 Å². The standard InChI is InChI=1S/C21H15ClF3N5O/c1-30-17-11-26-19(22)18(16(17)10-27-30)12-5-7-14(8-6-12)28-20(31)29-15-4-2-3-13(9-15)21(23,24)25/h2-11H,1H3,(H2,28,29,31). The number of rotatable bonds is 3. The van der Waals surface area contributed by atoms with Crippen LogP contribution in [0, 0.1) is 0 Å². The molecule has 0 unspecified atom stereocenters. The Morgan fingerprint density at radius 1 is 1.03 bits per heavy atom. The van der Waals surface area contributed by atoms with E-state index in [2.05, 4.69) is 20.7 Å². The summed E-state index contributed by atoms with van der Waals surface area (Å²) in [6, 6.07) is 10.6. The van der Waals surface area contributed by atoms with Crippen LogP contribution in [0.4, 0.5) is 29.3 Å². The third kappa shape index (κ3) is 4.31. The van der Waals surface area contributed by atoms with Gasteiger partial charge in [-0.1, -0.05) is 29.8 Å². The van der Waals surface area contributed by atoms with Crippen LogP contribution < -0.4 is 10.6 Å². The first-order chi connectivity index (χ1) is 14.7. The number of nitrogens with one attached hydrogen (secondary N) is 2. The maximum Gasteiger partial charge on any atom is 0.416 e. The molecule has 0 atom stereocenters. The van der Waals surface area contributed by atoms with Crippen LogP contribution in [0.15, 0.2) is 60.9 Å². The third-order valence-corrected chi connectivity index (χ3v) is 4.93. The first kappa shape index (κ1) is 20.7. The zero-order valence-corrected chi connectivity index (χ0v) is 16.8. The van der Waals surface area contributed by atoms with E-state index in [1.165, 1.54) is 12.1 Å². The number of alkyl halides is 3. The van der Waals surface area contributed by atoms with Crippen molar-refractivity contribution in [3.63, 3.8) is 0 Å². The second-order valence-electron chi connectivity index (χ2n) is 6.73. The average molecular weight is 446 g/mol. The summed E-state index contributed by atoms with van der Waals surface area (Å²) in [6.45, 7) is 0. The summed E-state index contributed by atoms with van der Waals surface area (Å²) in [7, 11) is 1.80. The lowest BCUT2D eigenvalue weighted by atomic mass is 10.0. The third-order valence-electron chi connectivity index (χ3n) is 4.64. The fraction of sp³-hybridized carbons (Fsp3) is 0.0952. The second kappa shape index (κ2) is 7.92. The average Bonchev–Trinajstić information content (AvgIpc) is 3.09. The molecule has 0 spiro atoms. The molecular formula is C21H15ClF3N5O. The van der Waals surface area contributed by atoms with Crippen molar-refractivity contribution >= 4 is 39.9 Å². The number of hydrogen-bond donors (Lipinski definition) is 2. The van der Waals surface area contributed by atoms with E-state index in [-0.39, 0.29) is 5.69 Å². The first-order valence-electron chi connectivity index (χ1n) is 9.04. The molecule has 2 N–H and O–H groups in total. The molecule has 2 aromatic carbocycles. The van der Waals surface area contributed by atoms with Gasteiger partial charge in [-0.15, -0.1) is 0 Å². The number of nitrogens with zero attached hydrogens (tertiary/aromatic N) is 3. The van der Waals surface area contributed by atoms with Crippen LogP contribution in [0.3, 0.4) is 0 Å². The SMILES string of the molecule is Cn1ncc2c(-c3ccc(NC(=O)Nc4cccc(C(F)(F)F)c4)cc3)c(Cl)ncc21. The van der Waals surface area contributed by atoms with E-state index in [4.69, 9.17) is 11.6 Å². The molecule has 158 valence electrons. The van der Waals surface area contributed by atoms with Crippen molar-refractivity contribution in [1.82, 2.24) is 14.8 Å². The summed E-state index contributed by atoms with van der Waals surface area (Å²) < 4.78 is 40.1. The maximum absolute atomic E-state index is 12.8. The molecule has 0 aliphatic carbocycles. The Morgan fingerprint density at radius 3 is 2.45 bits per heavy atom. The number of benzene rings is 2. The highest BCUT2D eigenvalue weighted by molar-refractivity contribution is 6.33. The fourth-order valence-corrected chi connectivity index (χ4v) is 3.41. The van der Waals surface area contributed by atoms with Crippen LogP contribution >= 0.6 is 11.6 Å². The Labute approximate surface area is 179 Å². The van der Waals surface area contributed by atoms with Gasteiger partial charge < -0.3 is 10.6 Å². The Morgan fingerprint density at radius 2 is 1.74 bits per heavy atom. The highest BCUT2D eigenvalue weighted by Gasteiger charge is 2.30. The number of anilines is 2. The molecule has 0 fully saturated rings. The second-order valence-corrected chi connectivity index (χ2v) is 7.08. The Hall–Kier alpha value is -3.59. The number of pyridine rings is 1. The summed E-state index contributed by atoms with van der Waals surface area (Å²) in [4.78, 5) is 16.4. The van der Waals surface area contributed by atoms with Gasteiger partial charge in [0.25, 0.3) is 0 Å². The molecule has 0 bridgehead atoms. The number of aromatic nitrogens is 3. The van der Waals surface area contributed by atoms with E-state index >= 15 is 0 Å². The minimum absolute atomic E-state index is 0.0325. The maximum atomic E-state index is 12.8. The molecular weight excluding hydrogens is 431 g/mol. The Bertz CT molecular complexity index is 1270. The summed E-state index contributed by atoms with van der Waals surface area (Å²) >= 11 is 6.30. The molecule has 10 heteroatoms. The number of hydrogen-bond acceptors (Lipinski definition) is 3.